The van der Waals surface area contributed by atoms with Crippen LogP contribution in [0.25, 0.3) is 0 Å². The number of ether oxygens (including phenoxy) is 2. The molecule has 2 atom stereocenters. The Morgan fingerprint density at radius 3 is 1.70 bits per heavy atom. The van der Waals surface area contributed by atoms with Gasteiger partial charge in [0.1, 0.15) is 6.61 Å². The molecule has 0 saturated heterocycles. The van der Waals surface area contributed by atoms with Gasteiger partial charge in [-0.25, -0.2) is 4.57 Å². The van der Waals surface area contributed by atoms with Crippen molar-refractivity contribution in [1.82, 2.24) is 0 Å². The molecule has 0 aromatic carbocycles. The molecule has 0 radical (unpaired) electrons. The van der Waals surface area contributed by atoms with Gasteiger partial charge in [0.15, 0.2) is 6.10 Å². The summed E-state index contributed by atoms with van der Waals surface area (Å²) in [5, 5.41) is 0. The molecule has 2 unspecified atom stereocenters. The van der Waals surface area contributed by atoms with Gasteiger partial charge in [-0.1, -0.05) is 104 Å². The van der Waals surface area contributed by atoms with Crippen molar-refractivity contribution in [3.05, 3.63) is 0 Å². The lowest BCUT2D eigenvalue weighted by molar-refractivity contribution is -0.161. The van der Waals surface area contributed by atoms with Gasteiger partial charge >= 0.3 is 19.8 Å². The Kier molecular flexibility index (Phi) is 24.6. The Hall–Kier alpha value is -0.990. The van der Waals surface area contributed by atoms with Crippen LogP contribution < -0.4 is 5.73 Å². The molecule has 0 rings (SSSR count). The van der Waals surface area contributed by atoms with E-state index in [0.717, 1.165) is 19.3 Å². The monoisotopic (exact) mass is 551 g/mol. The summed E-state index contributed by atoms with van der Waals surface area (Å²) >= 11 is 0. The lowest BCUT2D eigenvalue weighted by Crippen LogP contribution is -2.29. The lowest BCUT2D eigenvalue weighted by Gasteiger charge is -2.19. The fourth-order valence-electron chi connectivity index (χ4n) is 3.79. The number of carbonyl (C=O) groups excluding carboxylic acids is 2. The number of unbranched alkanes of at least 4 members (excludes halogenated alkanes) is 14. The molecule has 3 N–H and O–H groups in total. The average Bonchev–Trinajstić information content (AvgIpc) is 2.88. The van der Waals surface area contributed by atoms with Gasteiger partial charge in [0, 0.05) is 19.4 Å². The Bertz CT molecular complexity index is 605. The zero-order chi connectivity index (χ0) is 27.6. The summed E-state index contributed by atoms with van der Waals surface area (Å²) < 4.78 is 32.0. The minimum Gasteiger partial charge on any atom is -0.462 e. The van der Waals surface area contributed by atoms with Crippen LogP contribution in [-0.2, 0) is 32.7 Å². The Balaban J connectivity index is 4.09. The molecule has 0 bridgehead atoms. The lowest BCUT2D eigenvalue weighted by atomic mass is 10.0. The van der Waals surface area contributed by atoms with E-state index in [1.807, 2.05) is 6.92 Å². The highest BCUT2D eigenvalue weighted by molar-refractivity contribution is 7.47. The third kappa shape index (κ3) is 25.1. The average molecular weight is 552 g/mol. The predicted molar refractivity (Wildman–Crippen MR) is 146 cm³/mol. The number of phosphoric ester groups is 1. The largest absolute Gasteiger partial charge is 0.472 e. The SMILES string of the molecule is CCCCCCCCCCCCCCCCC(=O)OC(COC(=O)CCCC)COP(=O)(O)OCCN. The molecule has 0 amide bonds. The highest BCUT2D eigenvalue weighted by Crippen LogP contribution is 2.43. The first-order chi connectivity index (χ1) is 17.8. The second-order valence-corrected chi connectivity index (χ2v) is 11.1. The van der Waals surface area contributed by atoms with Gasteiger partial charge in [-0.15, -0.1) is 0 Å². The van der Waals surface area contributed by atoms with Crippen LogP contribution in [0.15, 0.2) is 0 Å². The van der Waals surface area contributed by atoms with Crippen molar-refractivity contribution in [2.24, 2.45) is 5.73 Å². The number of nitrogens with two attached hydrogens (primary N) is 1. The van der Waals surface area contributed by atoms with Gasteiger partial charge in [-0.05, 0) is 12.8 Å². The van der Waals surface area contributed by atoms with Crippen LogP contribution in [0, 0.1) is 0 Å². The summed E-state index contributed by atoms with van der Waals surface area (Å²) in [6, 6.07) is 0. The van der Waals surface area contributed by atoms with Crippen LogP contribution in [0.5, 0.6) is 0 Å². The summed E-state index contributed by atoms with van der Waals surface area (Å²) in [6.45, 7) is 3.44. The van der Waals surface area contributed by atoms with Gasteiger partial charge in [0.05, 0.1) is 13.2 Å². The summed E-state index contributed by atoms with van der Waals surface area (Å²) in [6.07, 6.45) is 18.2. The van der Waals surface area contributed by atoms with E-state index in [2.05, 4.69) is 11.4 Å². The molecule has 0 aliphatic rings. The maximum absolute atomic E-state index is 12.3. The summed E-state index contributed by atoms with van der Waals surface area (Å²) in [5.41, 5.74) is 5.27. The minimum absolute atomic E-state index is 0.0561. The van der Waals surface area contributed by atoms with E-state index in [4.69, 9.17) is 19.7 Å². The predicted octanol–water partition coefficient (Wildman–Crippen LogP) is 6.60. The van der Waals surface area contributed by atoms with E-state index in [9.17, 15) is 19.0 Å². The molecule has 0 heterocycles. The van der Waals surface area contributed by atoms with Crippen molar-refractivity contribution in [2.75, 3.05) is 26.4 Å². The molecule has 10 heteroatoms. The first-order valence-corrected chi connectivity index (χ1v) is 16.0. The molecule has 0 aromatic rings. The minimum atomic E-state index is -4.34. The first kappa shape index (κ1) is 36.0. The molecule has 0 spiro atoms. The molecule has 0 fully saturated rings. The molecule has 37 heavy (non-hydrogen) atoms. The van der Waals surface area contributed by atoms with Crippen molar-refractivity contribution < 1.29 is 37.6 Å². The number of carbonyl (C=O) groups is 2. The van der Waals surface area contributed by atoms with E-state index in [-0.39, 0.29) is 32.6 Å². The standard InChI is InChI=1S/C27H54NO8P/c1-3-5-7-8-9-10-11-12-13-14-15-16-17-18-20-27(30)36-25(23-33-26(29)19-6-4-2)24-35-37(31,32)34-22-21-28/h25H,3-24,28H2,1-2H3,(H,31,32). The number of hydrogen-bond donors (Lipinski definition) is 2. The fourth-order valence-corrected chi connectivity index (χ4v) is 4.55. The molecule has 0 saturated carbocycles. The summed E-state index contributed by atoms with van der Waals surface area (Å²) in [5.74, 6) is -0.866. The van der Waals surface area contributed by atoms with Gasteiger partial charge in [0.2, 0.25) is 0 Å². The van der Waals surface area contributed by atoms with E-state index in [0.29, 0.717) is 12.8 Å². The van der Waals surface area contributed by atoms with Gasteiger partial charge in [-0.3, -0.25) is 18.6 Å². The zero-order valence-corrected chi connectivity index (χ0v) is 24.4. The van der Waals surface area contributed by atoms with Crippen molar-refractivity contribution in [1.29, 1.82) is 0 Å². The highest BCUT2D eigenvalue weighted by atomic mass is 31.2. The molecule has 0 aliphatic heterocycles. The second kappa shape index (κ2) is 25.3. The Morgan fingerprint density at radius 1 is 0.703 bits per heavy atom. The highest BCUT2D eigenvalue weighted by Gasteiger charge is 2.25. The normalized spacial score (nSPS) is 13.7. The number of esters is 2. The van der Waals surface area contributed by atoms with Crippen LogP contribution in [0.1, 0.15) is 129 Å². The van der Waals surface area contributed by atoms with Crippen molar-refractivity contribution in [2.45, 2.75) is 136 Å². The van der Waals surface area contributed by atoms with E-state index in [1.165, 1.54) is 70.6 Å². The van der Waals surface area contributed by atoms with E-state index >= 15 is 0 Å². The van der Waals surface area contributed by atoms with Crippen molar-refractivity contribution >= 4 is 19.8 Å². The Morgan fingerprint density at radius 2 is 1.19 bits per heavy atom. The molecule has 0 aliphatic carbocycles. The zero-order valence-electron chi connectivity index (χ0n) is 23.5. The van der Waals surface area contributed by atoms with Crippen LogP contribution in [-0.4, -0.2) is 49.3 Å². The van der Waals surface area contributed by atoms with Gasteiger partial charge in [0.25, 0.3) is 0 Å². The number of hydrogen-bond acceptors (Lipinski definition) is 8. The Labute approximate surface area is 225 Å². The van der Waals surface area contributed by atoms with Crippen molar-refractivity contribution in [3.63, 3.8) is 0 Å². The summed E-state index contributed by atoms with van der Waals surface area (Å²) in [7, 11) is -4.34. The van der Waals surface area contributed by atoms with Crippen molar-refractivity contribution in [3.8, 4) is 0 Å². The van der Waals surface area contributed by atoms with Crippen LogP contribution >= 0.6 is 7.82 Å². The van der Waals surface area contributed by atoms with Gasteiger partial charge < -0.3 is 20.1 Å². The second-order valence-electron chi connectivity index (χ2n) is 9.63. The van der Waals surface area contributed by atoms with E-state index in [1.54, 1.807) is 0 Å². The maximum Gasteiger partial charge on any atom is 0.472 e. The topological polar surface area (TPSA) is 134 Å². The van der Waals surface area contributed by atoms with Crippen LogP contribution in [0.3, 0.4) is 0 Å². The molecule has 0 aromatic heterocycles. The first-order valence-electron chi connectivity index (χ1n) is 14.5. The number of phosphoric acid groups is 1. The van der Waals surface area contributed by atoms with Crippen LogP contribution in [0.4, 0.5) is 0 Å². The quantitative estimate of drug-likeness (QED) is 0.0658. The molecular formula is C27H54NO8P. The molecule has 220 valence electrons. The third-order valence-corrected chi connectivity index (χ3v) is 6.98. The molecule has 9 nitrogen and oxygen atoms in total. The van der Waals surface area contributed by atoms with Gasteiger partial charge in [-0.2, -0.15) is 0 Å². The summed E-state index contributed by atoms with van der Waals surface area (Å²) in [4.78, 5) is 33.8. The van der Waals surface area contributed by atoms with E-state index < -0.39 is 32.5 Å². The number of rotatable bonds is 27. The maximum atomic E-state index is 12.3. The molecular weight excluding hydrogens is 497 g/mol. The fraction of sp³-hybridized carbons (Fsp3) is 0.926. The smallest absolute Gasteiger partial charge is 0.462 e. The van der Waals surface area contributed by atoms with Crippen LogP contribution in [0.2, 0.25) is 0 Å². The third-order valence-electron chi connectivity index (χ3n) is 5.99.